The smallest absolute Gasteiger partial charge is 0.245 e. The highest BCUT2D eigenvalue weighted by Crippen LogP contribution is 2.06. The maximum absolute atomic E-state index is 11.0. The van der Waals surface area contributed by atoms with Crippen molar-refractivity contribution < 1.29 is 9.63 Å². The minimum absolute atomic E-state index is 0.0969. The van der Waals surface area contributed by atoms with Gasteiger partial charge in [0.25, 0.3) is 0 Å². The summed E-state index contributed by atoms with van der Waals surface area (Å²) in [6.45, 7) is 3.32. The van der Waals surface area contributed by atoms with E-state index in [9.17, 15) is 4.79 Å². The molecule has 0 aliphatic carbocycles. The normalized spacial score (nSPS) is 19.1. The Morgan fingerprint density at radius 2 is 2.40 bits per heavy atom. The van der Waals surface area contributed by atoms with E-state index < -0.39 is 0 Å². The molecule has 0 saturated carbocycles. The molecule has 1 heterocycles. The van der Waals surface area contributed by atoms with E-state index in [1.54, 1.807) is 0 Å². The first-order valence-corrected chi connectivity index (χ1v) is 3.78. The summed E-state index contributed by atoms with van der Waals surface area (Å²) in [6, 6.07) is 0. The van der Waals surface area contributed by atoms with Crippen LogP contribution in [0, 0.1) is 0 Å². The van der Waals surface area contributed by atoms with Crippen molar-refractivity contribution >= 4 is 5.91 Å². The van der Waals surface area contributed by atoms with Gasteiger partial charge in [-0.25, -0.2) is 5.06 Å². The van der Waals surface area contributed by atoms with E-state index in [1.807, 2.05) is 6.92 Å². The van der Waals surface area contributed by atoms with E-state index in [-0.39, 0.29) is 5.91 Å². The van der Waals surface area contributed by atoms with Crippen LogP contribution < -0.4 is 0 Å². The zero-order chi connectivity index (χ0) is 7.40. The lowest BCUT2D eigenvalue weighted by Crippen LogP contribution is -2.35. The fourth-order valence-corrected chi connectivity index (χ4v) is 0.970. The van der Waals surface area contributed by atoms with Crippen LogP contribution >= 0.6 is 0 Å². The molecule has 1 saturated heterocycles. The second-order valence-corrected chi connectivity index (χ2v) is 2.39. The molecule has 0 bridgehead atoms. The Balaban J connectivity index is 2.31. The Morgan fingerprint density at radius 1 is 1.60 bits per heavy atom. The van der Waals surface area contributed by atoms with Gasteiger partial charge in [-0.3, -0.25) is 9.63 Å². The zero-order valence-electron chi connectivity index (χ0n) is 6.30. The molecule has 0 aromatic carbocycles. The Labute approximate surface area is 60.9 Å². The van der Waals surface area contributed by atoms with Gasteiger partial charge in [-0.15, -0.1) is 0 Å². The van der Waals surface area contributed by atoms with Crippen LogP contribution in [0.4, 0.5) is 0 Å². The van der Waals surface area contributed by atoms with Gasteiger partial charge < -0.3 is 0 Å². The van der Waals surface area contributed by atoms with Gasteiger partial charge in [0, 0.05) is 13.0 Å². The molecular weight excluding hydrogens is 130 g/mol. The first kappa shape index (κ1) is 7.54. The Morgan fingerprint density at radius 3 is 2.90 bits per heavy atom. The molecule has 58 valence electrons. The fraction of sp³-hybridized carbons (Fsp3) is 0.857. The summed E-state index contributed by atoms with van der Waals surface area (Å²) < 4.78 is 0. The molecule has 1 rings (SSSR count). The van der Waals surface area contributed by atoms with E-state index >= 15 is 0 Å². The van der Waals surface area contributed by atoms with Crippen molar-refractivity contribution in [2.45, 2.75) is 26.2 Å². The van der Waals surface area contributed by atoms with Gasteiger partial charge in [0.15, 0.2) is 0 Å². The minimum atomic E-state index is 0.0969. The van der Waals surface area contributed by atoms with E-state index in [4.69, 9.17) is 4.84 Å². The molecule has 0 unspecified atom stereocenters. The number of hydroxylamine groups is 2. The third-order valence-corrected chi connectivity index (χ3v) is 1.58. The largest absolute Gasteiger partial charge is 0.273 e. The van der Waals surface area contributed by atoms with Gasteiger partial charge >= 0.3 is 0 Å². The van der Waals surface area contributed by atoms with Crippen LogP contribution in [-0.2, 0) is 9.63 Å². The average Bonchev–Trinajstić information content (AvgIpc) is 2.05. The third kappa shape index (κ3) is 1.70. The molecule has 3 heteroatoms. The molecule has 0 spiro atoms. The molecule has 0 aromatic rings. The molecule has 3 nitrogen and oxygen atoms in total. The number of hydrogen-bond acceptors (Lipinski definition) is 2. The molecule has 1 aliphatic heterocycles. The van der Waals surface area contributed by atoms with Gasteiger partial charge in [0.2, 0.25) is 5.91 Å². The topological polar surface area (TPSA) is 29.5 Å². The first-order valence-electron chi connectivity index (χ1n) is 3.78. The fourth-order valence-electron chi connectivity index (χ4n) is 0.970. The lowest BCUT2D eigenvalue weighted by atomic mass is 10.3. The monoisotopic (exact) mass is 143 g/mol. The summed E-state index contributed by atoms with van der Waals surface area (Å²) in [7, 11) is 0. The summed E-state index contributed by atoms with van der Waals surface area (Å²) in [4.78, 5) is 16.1. The number of rotatable bonds is 1. The SMILES string of the molecule is CCC(=O)N1CCCCO1. The molecular formula is C7H13NO2. The summed E-state index contributed by atoms with van der Waals surface area (Å²) in [5, 5.41) is 1.48. The van der Waals surface area contributed by atoms with Crippen molar-refractivity contribution in [1.29, 1.82) is 0 Å². The van der Waals surface area contributed by atoms with Crippen molar-refractivity contribution in [3.05, 3.63) is 0 Å². The Kier molecular flexibility index (Phi) is 2.68. The molecule has 1 amide bonds. The highest BCUT2D eigenvalue weighted by atomic mass is 16.7. The number of carbonyl (C=O) groups is 1. The van der Waals surface area contributed by atoms with Crippen LogP contribution in [0.5, 0.6) is 0 Å². The highest BCUT2D eigenvalue weighted by molar-refractivity contribution is 5.74. The van der Waals surface area contributed by atoms with Crippen molar-refractivity contribution in [3.8, 4) is 0 Å². The summed E-state index contributed by atoms with van der Waals surface area (Å²) in [5.74, 6) is 0.0969. The van der Waals surface area contributed by atoms with Crippen LogP contribution in [0.15, 0.2) is 0 Å². The van der Waals surface area contributed by atoms with Crippen LogP contribution in [0.3, 0.4) is 0 Å². The van der Waals surface area contributed by atoms with Gasteiger partial charge in [-0.1, -0.05) is 6.92 Å². The molecule has 0 aromatic heterocycles. The van der Waals surface area contributed by atoms with E-state index in [0.29, 0.717) is 13.0 Å². The average molecular weight is 143 g/mol. The van der Waals surface area contributed by atoms with Crippen molar-refractivity contribution in [1.82, 2.24) is 5.06 Å². The van der Waals surface area contributed by atoms with E-state index in [1.165, 1.54) is 5.06 Å². The molecule has 1 aliphatic rings. The number of hydrogen-bond donors (Lipinski definition) is 0. The van der Waals surface area contributed by atoms with Gasteiger partial charge in [0.1, 0.15) is 0 Å². The molecule has 0 N–H and O–H groups in total. The van der Waals surface area contributed by atoms with Crippen molar-refractivity contribution in [2.75, 3.05) is 13.2 Å². The predicted octanol–water partition coefficient (Wildman–Crippen LogP) is 0.950. The standard InChI is InChI=1S/C7H13NO2/c1-2-7(9)8-5-3-4-6-10-8/h2-6H2,1H3. The second kappa shape index (κ2) is 3.56. The summed E-state index contributed by atoms with van der Waals surface area (Å²) >= 11 is 0. The lowest BCUT2D eigenvalue weighted by molar-refractivity contribution is -0.196. The number of nitrogens with zero attached hydrogens (tertiary/aromatic N) is 1. The third-order valence-electron chi connectivity index (χ3n) is 1.58. The number of carbonyl (C=O) groups excluding carboxylic acids is 1. The summed E-state index contributed by atoms with van der Waals surface area (Å²) in [5.41, 5.74) is 0. The number of amides is 1. The molecule has 0 radical (unpaired) electrons. The van der Waals surface area contributed by atoms with Crippen LogP contribution in [0.25, 0.3) is 0 Å². The molecule has 0 atom stereocenters. The lowest BCUT2D eigenvalue weighted by Gasteiger charge is -2.25. The Bertz CT molecular complexity index is 119. The van der Waals surface area contributed by atoms with Crippen LogP contribution in [0.1, 0.15) is 26.2 Å². The minimum Gasteiger partial charge on any atom is -0.273 e. The van der Waals surface area contributed by atoms with Gasteiger partial charge in [-0.2, -0.15) is 0 Å². The summed E-state index contributed by atoms with van der Waals surface area (Å²) in [6.07, 6.45) is 2.69. The predicted molar refractivity (Wildman–Crippen MR) is 37.2 cm³/mol. The van der Waals surface area contributed by atoms with Crippen molar-refractivity contribution in [3.63, 3.8) is 0 Å². The van der Waals surface area contributed by atoms with Gasteiger partial charge in [-0.05, 0) is 12.8 Å². The second-order valence-electron chi connectivity index (χ2n) is 2.39. The van der Waals surface area contributed by atoms with Crippen LogP contribution in [0.2, 0.25) is 0 Å². The molecule has 10 heavy (non-hydrogen) atoms. The molecule has 1 fully saturated rings. The van der Waals surface area contributed by atoms with Gasteiger partial charge in [0.05, 0.1) is 6.61 Å². The van der Waals surface area contributed by atoms with E-state index in [0.717, 1.165) is 19.4 Å². The van der Waals surface area contributed by atoms with Crippen LogP contribution in [-0.4, -0.2) is 24.1 Å². The highest BCUT2D eigenvalue weighted by Gasteiger charge is 2.14. The Hall–Kier alpha value is -0.570. The maximum Gasteiger partial charge on any atom is 0.245 e. The maximum atomic E-state index is 11.0. The quantitative estimate of drug-likeness (QED) is 0.547. The first-order chi connectivity index (χ1) is 4.84. The zero-order valence-corrected chi connectivity index (χ0v) is 6.30. The van der Waals surface area contributed by atoms with Crippen molar-refractivity contribution in [2.24, 2.45) is 0 Å². The van der Waals surface area contributed by atoms with E-state index in [2.05, 4.69) is 0 Å².